The monoisotopic (exact) mass is 223 g/mol. The van der Waals surface area contributed by atoms with Crippen LogP contribution in [0.2, 0.25) is 0 Å². The first-order valence-corrected chi connectivity index (χ1v) is 6.24. The van der Waals surface area contributed by atoms with Gasteiger partial charge in [-0.3, -0.25) is 9.59 Å². The quantitative estimate of drug-likeness (QED) is 0.686. The van der Waals surface area contributed by atoms with Gasteiger partial charge >= 0.3 is 0 Å². The molecule has 0 spiro atoms. The van der Waals surface area contributed by atoms with Gasteiger partial charge in [-0.2, -0.15) is 0 Å². The lowest BCUT2D eigenvalue weighted by Gasteiger charge is -2.36. The molecular formula is C13H21NO2. The highest BCUT2D eigenvalue weighted by Crippen LogP contribution is 2.39. The Morgan fingerprint density at radius 1 is 1.31 bits per heavy atom. The zero-order chi connectivity index (χ0) is 11.9. The van der Waals surface area contributed by atoms with Gasteiger partial charge in [0, 0.05) is 17.9 Å². The minimum Gasteiger partial charge on any atom is -0.314 e. The van der Waals surface area contributed by atoms with Crippen LogP contribution in [0.15, 0.2) is 0 Å². The molecule has 0 aromatic heterocycles. The van der Waals surface area contributed by atoms with Crippen LogP contribution in [0.1, 0.15) is 40.0 Å². The normalized spacial score (nSPS) is 39.1. The predicted molar refractivity (Wildman–Crippen MR) is 62.1 cm³/mol. The van der Waals surface area contributed by atoms with Crippen LogP contribution < -0.4 is 5.32 Å². The van der Waals surface area contributed by atoms with E-state index in [-0.39, 0.29) is 28.8 Å². The van der Waals surface area contributed by atoms with Crippen LogP contribution in [0.4, 0.5) is 0 Å². The highest BCUT2D eigenvalue weighted by atomic mass is 16.2. The number of carbonyl (C=O) groups is 2. The fourth-order valence-electron chi connectivity index (χ4n) is 3.05. The van der Waals surface area contributed by atoms with Crippen LogP contribution >= 0.6 is 0 Å². The summed E-state index contributed by atoms with van der Waals surface area (Å²) in [5.41, 5.74) is -0.305. The third-order valence-corrected chi connectivity index (χ3v) is 4.31. The van der Waals surface area contributed by atoms with Gasteiger partial charge < -0.3 is 5.32 Å². The third-order valence-electron chi connectivity index (χ3n) is 4.31. The van der Waals surface area contributed by atoms with E-state index in [1.807, 2.05) is 13.8 Å². The number of rotatable bonds is 1. The highest BCUT2D eigenvalue weighted by Gasteiger charge is 2.47. The van der Waals surface area contributed by atoms with Crippen LogP contribution in [0.25, 0.3) is 0 Å². The first-order chi connectivity index (χ1) is 7.43. The van der Waals surface area contributed by atoms with E-state index in [4.69, 9.17) is 0 Å². The van der Waals surface area contributed by atoms with Gasteiger partial charge in [0.2, 0.25) is 0 Å². The average molecular weight is 223 g/mol. The standard InChI is InChI=1S/C13H21NO2/c1-8-9(5-7-14-8)11-10(15)4-6-13(2,3)12(11)16/h8-9,11,14H,4-7H2,1-3H3. The number of carbonyl (C=O) groups excluding carboxylic acids is 2. The summed E-state index contributed by atoms with van der Waals surface area (Å²) in [6, 6.07) is 0.298. The first kappa shape index (κ1) is 11.8. The molecule has 0 amide bonds. The van der Waals surface area contributed by atoms with E-state index in [0.29, 0.717) is 12.5 Å². The molecule has 1 heterocycles. The summed E-state index contributed by atoms with van der Waals surface area (Å²) in [5, 5.41) is 3.33. The lowest BCUT2D eigenvalue weighted by atomic mass is 9.65. The molecule has 2 aliphatic rings. The summed E-state index contributed by atoms with van der Waals surface area (Å²) in [5.74, 6) is 0.225. The molecule has 3 unspecified atom stereocenters. The Balaban J connectivity index is 2.23. The number of ketones is 2. The molecule has 1 aliphatic carbocycles. The maximum absolute atomic E-state index is 12.3. The zero-order valence-electron chi connectivity index (χ0n) is 10.4. The molecule has 0 aromatic carbocycles. The summed E-state index contributed by atoms with van der Waals surface area (Å²) in [4.78, 5) is 24.3. The van der Waals surface area contributed by atoms with E-state index in [2.05, 4.69) is 12.2 Å². The van der Waals surface area contributed by atoms with Gasteiger partial charge in [0.05, 0.1) is 5.92 Å². The van der Waals surface area contributed by atoms with Crippen molar-refractivity contribution in [1.82, 2.24) is 5.32 Å². The predicted octanol–water partition coefficient (Wildman–Crippen LogP) is 1.56. The number of hydrogen-bond acceptors (Lipinski definition) is 3. The van der Waals surface area contributed by atoms with E-state index >= 15 is 0 Å². The molecule has 0 bridgehead atoms. The number of hydrogen-bond donors (Lipinski definition) is 1. The minimum absolute atomic E-state index is 0.171. The van der Waals surface area contributed by atoms with Gasteiger partial charge in [-0.1, -0.05) is 13.8 Å². The maximum atomic E-state index is 12.3. The van der Waals surface area contributed by atoms with Crippen molar-refractivity contribution < 1.29 is 9.59 Å². The van der Waals surface area contributed by atoms with E-state index in [0.717, 1.165) is 19.4 Å². The van der Waals surface area contributed by atoms with Crippen molar-refractivity contribution in [3.63, 3.8) is 0 Å². The molecule has 1 saturated carbocycles. The van der Waals surface area contributed by atoms with Crippen LogP contribution in [-0.4, -0.2) is 24.2 Å². The SMILES string of the molecule is CC1NCCC1C1C(=O)CCC(C)(C)C1=O. The van der Waals surface area contributed by atoms with E-state index in [9.17, 15) is 9.59 Å². The second-order valence-corrected chi connectivity index (χ2v) is 5.89. The molecular weight excluding hydrogens is 202 g/mol. The smallest absolute Gasteiger partial charge is 0.149 e. The summed E-state index contributed by atoms with van der Waals surface area (Å²) in [6.07, 6.45) is 2.25. The number of Topliss-reactive ketones (excluding diaryl/α,β-unsaturated/α-hetero) is 2. The Hall–Kier alpha value is -0.700. The molecule has 2 fully saturated rings. The first-order valence-electron chi connectivity index (χ1n) is 6.24. The highest BCUT2D eigenvalue weighted by molar-refractivity contribution is 6.07. The van der Waals surface area contributed by atoms with Crippen molar-refractivity contribution in [2.24, 2.45) is 17.3 Å². The molecule has 1 saturated heterocycles. The molecule has 3 heteroatoms. The molecule has 3 nitrogen and oxygen atoms in total. The summed E-state index contributed by atoms with van der Waals surface area (Å²) >= 11 is 0. The topological polar surface area (TPSA) is 46.2 Å². The van der Waals surface area contributed by atoms with Crippen molar-refractivity contribution in [3.8, 4) is 0 Å². The zero-order valence-corrected chi connectivity index (χ0v) is 10.4. The Morgan fingerprint density at radius 2 is 2.00 bits per heavy atom. The molecule has 16 heavy (non-hydrogen) atoms. The van der Waals surface area contributed by atoms with E-state index < -0.39 is 0 Å². The summed E-state index contributed by atoms with van der Waals surface area (Å²) in [7, 11) is 0. The fraction of sp³-hybridized carbons (Fsp3) is 0.846. The fourth-order valence-corrected chi connectivity index (χ4v) is 3.05. The van der Waals surface area contributed by atoms with Crippen molar-refractivity contribution >= 4 is 11.6 Å². The molecule has 0 radical (unpaired) electrons. The van der Waals surface area contributed by atoms with Crippen LogP contribution in [0.5, 0.6) is 0 Å². The van der Waals surface area contributed by atoms with Gasteiger partial charge in [-0.05, 0) is 32.2 Å². The minimum atomic E-state index is -0.339. The van der Waals surface area contributed by atoms with E-state index in [1.165, 1.54) is 0 Å². The van der Waals surface area contributed by atoms with Crippen molar-refractivity contribution in [1.29, 1.82) is 0 Å². The lowest BCUT2D eigenvalue weighted by molar-refractivity contribution is -0.145. The molecule has 90 valence electrons. The van der Waals surface area contributed by atoms with Crippen molar-refractivity contribution in [3.05, 3.63) is 0 Å². The largest absolute Gasteiger partial charge is 0.314 e. The van der Waals surface area contributed by atoms with Gasteiger partial charge in [-0.15, -0.1) is 0 Å². The summed E-state index contributed by atoms with van der Waals surface area (Å²) in [6.45, 7) is 6.97. The van der Waals surface area contributed by atoms with Gasteiger partial charge in [0.15, 0.2) is 0 Å². The maximum Gasteiger partial charge on any atom is 0.149 e. The molecule has 1 aliphatic heterocycles. The van der Waals surface area contributed by atoms with Gasteiger partial charge in [-0.25, -0.2) is 0 Å². The van der Waals surface area contributed by atoms with Crippen LogP contribution in [0.3, 0.4) is 0 Å². The van der Waals surface area contributed by atoms with Crippen LogP contribution in [0, 0.1) is 17.3 Å². The van der Waals surface area contributed by atoms with Gasteiger partial charge in [0.1, 0.15) is 11.6 Å². The average Bonchev–Trinajstić information content (AvgIpc) is 2.61. The molecule has 3 atom stereocenters. The van der Waals surface area contributed by atoms with Gasteiger partial charge in [0.25, 0.3) is 0 Å². The van der Waals surface area contributed by atoms with Crippen molar-refractivity contribution in [2.75, 3.05) is 6.54 Å². The third kappa shape index (κ3) is 1.81. The Kier molecular flexibility index (Phi) is 2.91. The molecule has 1 N–H and O–H groups in total. The van der Waals surface area contributed by atoms with E-state index in [1.54, 1.807) is 0 Å². The molecule has 2 rings (SSSR count). The lowest BCUT2D eigenvalue weighted by Crippen LogP contribution is -2.46. The molecule has 0 aromatic rings. The Bertz CT molecular complexity index is 322. The Labute approximate surface area is 97.0 Å². The second kappa shape index (κ2) is 3.95. The Morgan fingerprint density at radius 3 is 2.56 bits per heavy atom. The number of nitrogens with one attached hydrogen (secondary N) is 1. The van der Waals surface area contributed by atoms with Crippen molar-refractivity contribution in [2.45, 2.75) is 46.1 Å². The summed E-state index contributed by atoms with van der Waals surface area (Å²) < 4.78 is 0. The second-order valence-electron chi connectivity index (χ2n) is 5.89. The van der Waals surface area contributed by atoms with Crippen LogP contribution in [-0.2, 0) is 9.59 Å².